The smallest absolute Gasteiger partial charge is 0.325 e. The summed E-state index contributed by atoms with van der Waals surface area (Å²) in [6.45, 7) is 3.10. The molecule has 1 aliphatic heterocycles. The zero-order valence-corrected chi connectivity index (χ0v) is 19.1. The minimum atomic E-state index is -4.28. The van der Waals surface area contributed by atoms with Crippen molar-refractivity contribution in [2.45, 2.75) is 37.6 Å². The van der Waals surface area contributed by atoms with Crippen LogP contribution in [0.15, 0.2) is 53.4 Å². The van der Waals surface area contributed by atoms with Crippen LogP contribution in [0.25, 0.3) is 0 Å². The molecule has 0 saturated carbocycles. The number of fused-ring (bicyclic) bond motifs is 1. The number of hydrogen-bond donors (Lipinski definition) is 0. The molecule has 170 valence electrons. The molecule has 3 rings (SSSR count). The molecule has 0 saturated heterocycles. The van der Waals surface area contributed by atoms with Gasteiger partial charge in [0.25, 0.3) is 10.0 Å². The van der Waals surface area contributed by atoms with Gasteiger partial charge in [0, 0.05) is 12.8 Å². The highest BCUT2D eigenvalue weighted by Gasteiger charge is 2.61. The predicted molar refractivity (Wildman–Crippen MR) is 117 cm³/mol. The second-order valence-electron chi connectivity index (χ2n) is 7.80. The van der Waals surface area contributed by atoms with Gasteiger partial charge in [-0.15, -0.1) is 0 Å². The molecular weight excluding hydrogens is 434 g/mol. The molecule has 32 heavy (non-hydrogen) atoms. The molecule has 0 aliphatic carbocycles. The number of anilines is 1. The van der Waals surface area contributed by atoms with Crippen LogP contribution in [0, 0.1) is 12.3 Å². The van der Waals surface area contributed by atoms with Crippen molar-refractivity contribution in [2.24, 2.45) is 5.41 Å². The lowest BCUT2D eigenvalue weighted by molar-refractivity contribution is -0.171. The zero-order valence-electron chi connectivity index (χ0n) is 18.3. The Morgan fingerprint density at radius 3 is 2.09 bits per heavy atom. The summed E-state index contributed by atoms with van der Waals surface area (Å²) in [7, 11) is -2.06. The molecule has 1 heterocycles. The summed E-state index contributed by atoms with van der Waals surface area (Å²) >= 11 is 0. The number of sulfonamides is 1. The number of nitrogens with zero attached hydrogens (tertiary/aromatic N) is 1. The van der Waals surface area contributed by atoms with Crippen molar-refractivity contribution < 1.29 is 32.3 Å². The lowest BCUT2D eigenvalue weighted by atomic mass is 9.70. The summed E-state index contributed by atoms with van der Waals surface area (Å²) in [4.78, 5) is 38.4. The molecule has 0 spiro atoms. The fourth-order valence-corrected chi connectivity index (χ4v) is 5.91. The molecule has 0 amide bonds. The van der Waals surface area contributed by atoms with E-state index in [0.29, 0.717) is 11.3 Å². The van der Waals surface area contributed by atoms with E-state index in [9.17, 15) is 22.8 Å². The summed E-state index contributed by atoms with van der Waals surface area (Å²) < 4.78 is 38.7. The molecule has 0 fully saturated rings. The standard InChI is InChI=1S/C23H25NO7S/c1-15-9-11-18(12-10-15)32(28,29)24-19-8-6-5-7-17(19)14-23(21(26)30-3,22(27)31-4)20(24)13-16(2)25/h5-12,20H,13-14H2,1-4H3. The van der Waals surface area contributed by atoms with Gasteiger partial charge >= 0.3 is 11.9 Å². The van der Waals surface area contributed by atoms with Crippen LogP contribution < -0.4 is 4.31 Å². The van der Waals surface area contributed by atoms with Crippen LogP contribution in [-0.4, -0.2) is 46.4 Å². The number of ether oxygens (including phenoxy) is 2. The van der Waals surface area contributed by atoms with Crippen molar-refractivity contribution in [1.29, 1.82) is 0 Å². The van der Waals surface area contributed by atoms with E-state index in [-0.39, 0.29) is 17.7 Å². The first-order valence-corrected chi connectivity index (χ1v) is 11.4. The average Bonchev–Trinajstić information content (AvgIpc) is 2.77. The lowest BCUT2D eigenvalue weighted by Gasteiger charge is -2.46. The van der Waals surface area contributed by atoms with Gasteiger partial charge in [-0.25, -0.2) is 8.42 Å². The number of Topliss-reactive ketones (excluding diaryl/α,β-unsaturated/α-hetero) is 1. The first-order valence-electron chi connectivity index (χ1n) is 9.95. The highest BCUT2D eigenvalue weighted by molar-refractivity contribution is 7.92. The van der Waals surface area contributed by atoms with Crippen molar-refractivity contribution >= 4 is 33.4 Å². The summed E-state index contributed by atoms with van der Waals surface area (Å²) in [6, 6.07) is 11.4. The maximum absolute atomic E-state index is 13.9. The fraction of sp³-hybridized carbons (Fsp3) is 0.348. The number of ketones is 1. The molecule has 1 unspecified atom stereocenters. The van der Waals surface area contributed by atoms with E-state index in [1.165, 1.54) is 19.1 Å². The summed E-state index contributed by atoms with van der Waals surface area (Å²) in [5, 5.41) is 0. The van der Waals surface area contributed by atoms with Crippen LogP contribution in [-0.2, 0) is 40.3 Å². The number of hydrogen-bond acceptors (Lipinski definition) is 7. The van der Waals surface area contributed by atoms with E-state index in [0.717, 1.165) is 24.1 Å². The molecule has 8 nitrogen and oxygen atoms in total. The van der Waals surface area contributed by atoms with Gasteiger partial charge in [0.15, 0.2) is 5.41 Å². The van der Waals surface area contributed by atoms with Crippen LogP contribution in [0.5, 0.6) is 0 Å². The highest BCUT2D eigenvalue weighted by atomic mass is 32.2. The largest absolute Gasteiger partial charge is 0.468 e. The maximum Gasteiger partial charge on any atom is 0.325 e. The number of methoxy groups -OCH3 is 2. The first-order chi connectivity index (χ1) is 15.1. The molecule has 2 aromatic rings. The van der Waals surface area contributed by atoms with Gasteiger partial charge in [-0.2, -0.15) is 0 Å². The molecule has 1 aliphatic rings. The molecule has 1 atom stereocenters. The second-order valence-corrected chi connectivity index (χ2v) is 9.61. The van der Waals surface area contributed by atoms with E-state index in [1.807, 2.05) is 6.92 Å². The Hall–Kier alpha value is -3.20. The van der Waals surface area contributed by atoms with E-state index in [2.05, 4.69) is 0 Å². The van der Waals surface area contributed by atoms with E-state index in [4.69, 9.17) is 9.47 Å². The number of carbonyl (C=O) groups is 3. The Morgan fingerprint density at radius 1 is 1.00 bits per heavy atom. The minimum absolute atomic E-state index is 0.0306. The molecule has 2 aromatic carbocycles. The van der Waals surface area contributed by atoms with Gasteiger partial charge in [0.05, 0.1) is 30.8 Å². The van der Waals surface area contributed by atoms with Gasteiger partial charge in [-0.1, -0.05) is 35.9 Å². The van der Waals surface area contributed by atoms with E-state index < -0.39 is 39.2 Å². The van der Waals surface area contributed by atoms with Gasteiger partial charge in [-0.05, 0) is 37.6 Å². The Balaban J connectivity index is 2.38. The third-order valence-electron chi connectivity index (χ3n) is 5.71. The maximum atomic E-state index is 13.9. The summed E-state index contributed by atoms with van der Waals surface area (Å²) in [5.41, 5.74) is -0.454. The zero-order chi connectivity index (χ0) is 23.7. The van der Waals surface area contributed by atoms with Crippen molar-refractivity contribution in [2.75, 3.05) is 18.5 Å². The minimum Gasteiger partial charge on any atom is -0.468 e. The van der Waals surface area contributed by atoms with Crippen molar-refractivity contribution in [1.82, 2.24) is 0 Å². The number of para-hydroxylation sites is 1. The number of carbonyl (C=O) groups excluding carboxylic acids is 3. The van der Waals surface area contributed by atoms with Crippen LogP contribution in [0.1, 0.15) is 24.5 Å². The van der Waals surface area contributed by atoms with Gasteiger partial charge in [0.2, 0.25) is 0 Å². The number of benzene rings is 2. The van der Waals surface area contributed by atoms with E-state index in [1.54, 1.807) is 36.4 Å². The van der Waals surface area contributed by atoms with Crippen molar-refractivity contribution in [3.8, 4) is 0 Å². The third kappa shape index (κ3) is 3.77. The van der Waals surface area contributed by atoms with Crippen molar-refractivity contribution in [3.63, 3.8) is 0 Å². The normalized spacial score (nSPS) is 17.2. The average molecular weight is 460 g/mol. The Bertz CT molecular complexity index is 1140. The fourth-order valence-electron chi connectivity index (χ4n) is 4.18. The second kappa shape index (κ2) is 8.74. The first kappa shape index (κ1) is 23.5. The highest BCUT2D eigenvalue weighted by Crippen LogP contribution is 2.47. The lowest BCUT2D eigenvalue weighted by Crippen LogP contribution is -2.63. The van der Waals surface area contributed by atoms with Gasteiger partial charge < -0.3 is 9.47 Å². The molecule has 0 radical (unpaired) electrons. The summed E-state index contributed by atoms with van der Waals surface area (Å²) in [6.07, 6.45) is -0.552. The van der Waals surface area contributed by atoms with Crippen LogP contribution >= 0.6 is 0 Å². The van der Waals surface area contributed by atoms with Crippen LogP contribution in [0.2, 0.25) is 0 Å². The van der Waals surface area contributed by atoms with Gasteiger partial charge in [-0.3, -0.25) is 18.7 Å². The number of aryl methyl sites for hydroxylation is 1. The van der Waals surface area contributed by atoms with Gasteiger partial charge in [0.1, 0.15) is 5.78 Å². The van der Waals surface area contributed by atoms with E-state index >= 15 is 0 Å². The van der Waals surface area contributed by atoms with Crippen LogP contribution in [0.3, 0.4) is 0 Å². The van der Waals surface area contributed by atoms with Crippen LogP contribution in [0.4, 0.5) is 5.69 Å². The third-order valence-corrected chi connectivity index (χ3v) is 7.55. The monoisotopic (exact) mass is 459 g/mol. The predicted octanol–water partition coefficient (Wildman–Crippen LogP) is 2.43. The molecule has 0 aromatic heterocycles. The number of esters is 2. The summed E-state index contributed by atoms with van der Waals surface area (Å²) in [5.74, 6) is -2.32. The Morgan fingerprint density at radius 2 is 1.56 bits per heavy atom. The molecule has 0 bridgehead atoms. The quantitative estimate of drug-likeness (QED) is 0.482. The molecular formula is C23H25NO7S. The molecule has 0 N–H and O–H groups in total. The topological polar surface area (TPSA) is 107 Å². The number of rotatable bonds is 6. The Kier molecular flexibility index (Phi) is 6.41. The van der Waals surface area contributed by atoms with Crippen molar-refractivity contribution in [3.05, 3.63) is 59.7 Å². The SMILES string of the molecule is COC(=O)C1(C(=O)OC)Cc2ccccc2N(S(=O)(=O)c2ccc(C)cc2)C1CC(C)=O. The molecule has 9 heteroatoms. The Labute approximate surface area is 187 Å².